The van der Waals surface area contributed by atoms with E-state index >= 15 is 0 Å². The van der Waals surface area contributed by atoms with Crippen molar-refractivity contribution in [2.45, 2.75) is 18.8 Å². The van der Waals surface area contributed by atoms with Crippen LogP contribution in [0.4, 0.5) is 0 Å². The molecule has 21 heavy (non-hydrogen) atoms. The second-order valence-corrected chi connectivity index (χ2v) is 5.38. The van der Waals surface area contributed by atoms with Crippen molar-refractivity contribution in [3.8, 4) is 5.69 Å². The van der Waals surface area contributed by atoms with Crippen molar-refractivity contribution >= 4 is 17.5 Å². The van der Waals surface area contributed by atoms with Crippen LogP contribution in [0.3, 0.4) is 0 Å². The minimum absolute atomic E-state index is 0.158. The molecule has 1 aliphatic rings. The second kappa shape index (κ2) is 5.83. The summed E-state index contributed by atoms with van der Waals surface area (Å²) in [7, 11) is 0. The smallest absolute Gasteiger partial charge is 0.291 e. The fourth-order valence-corrected chi connectivity index (χ4v) is 2.31. The minimum atomic E-state index is -0.312. The van der Waals surface area contributed by atoms with Gasteiger partial charge in [-0.15, -0.1) is 5.10 Å². The molecule has 0 aliphatic heterocycles. The first-order valence-corrected chi connectivity index (χ1v) is 7.28. The second-order valence-electron chi connectivity index (χ2n) is 4.98. The predicted octanol–water partition coefficient (Wildman–Crippen LogP) is 1.49. The fraction of sp³-hybridized carbons (Fsp3) is 0.357. The van der Waals surface area contributed by atoms with Crippen molar-refractivity contribution in [2.24, 2.45) is 5.73 Å². The number of hydrogen-bond acceptors (Lipinski definition) is 4. The molecule has 1 saturated carbocycles. The third-order valence-electron chi connectivity index (χ3n) is 3.29. The van der Waals surface area contributed by atoms with Crippen LogP contribution >= 0.6 is 11.6 Å². The molecule has 1 aromatic heterocycles. The number of carbonyl (C=O) groups is 1. The van der Waals surface area contributed by atoms with E-state index in [1.54, 1.807) is 10.7 Å². The van der Waals surface area contributed by atoms with Crippen LogP contribution in [0.2, 0.25) is 5.02 Å². The largest absolute Gasteiger partial charge is 0.348 e. The van der Waals surface area contributed by atoms with E-state index in [0.29, 0.717) is 24.0 Å². The van der Waals surface area contributed by atoms with Crippen molar-refractivity contribution in [1.82, 2.24) is 20.1 Å². The van der Waals surface area contributed by atoms with E-state index in [0.717, 1.165) is 24.4 Å². The van der Waals surface area contributed by atoms with E-state index in [2.05, 4.69) is 15.4 Å². The molecule has 0 spiro atoms. The number of nitrogens with one attached hydrogen (secondary N) is 1. The van der Waals surface area contributed by atoms with E-state index in [4.69, 9.17) is 17.3 Å². The van der Waals surface area contributed by atoms with Crippen LogP contribution in [0.5, 0.6) is 0 Å². The molecular formula is C14H16ClN5O. The normalized spacial score (nSPS) is 14.2. The molecule has 0 bridgehead atoms. The zero-order chi connectivity index (χ0) is 14.8. The van der Waals surface area contributed by atoms with E-state index in [1.165, 1.54) is 0 Å². The fourth-order valence-electron chi connectivity index (χ4n) is 2.09. The maximum atomic E-state index is 12.0. The van der Waals surface area contributed by atoms with Gasteiger partial charge in [-0.2, -0.15) is 0 Å². The van der Waals surface area contributed by atoms with E-state index in [-0.39, 0.29) is 11.7 Å². The Hall–Kier alpha value is -1.92. The zero-order valence-electron chi connectivity index (χ0n) is 11.4. The van der Waals surface area contributed by atoms with E-state index < -0.39 is 0 Å². The topological polar surface area (TPSA) is 85.8 Å². The molecule has 1 aromatic carbocycles. The minimum Gasteiger partial charge on any atom is -0.348 e. The first-order valence-electron chi connectivity index (χ1n) is 6.91. The molecule has 0 unspecified atom stereocenters. The summed E-state index contributed by atoms with van der Waals surface area (Å²) >= 11 is 6.22. The number of hydrogen-bond donors (Lipinski definition) is 2. The molecule has 1 aliphatic carbocycles. The van der Waals surface area contributed by atoms with Crippen molar-refractivity contribution in [3.05, 3.63) is 40.9 Å². The Balaban J connectivity index is 1.98. The molecule has 0 atom stereocenters. The summed E-state index contributed by atoms with van der Waals surface area (Å²) in [6.07, 6.45) is 2.13. The number of aromatic nitrogens is 3. The summed E-state index contributed by atoms with van der Waals surface area (Å²) < 4.78 is 1.68. The van der Waals surface area contributed by atoms with Crippen molar-refractivity contribution in [2.75, 3.05) is 13.1 Å². The van der Waals surface area contributed by atoms with Gasteiger partial charge in [0.25, 0.3) is 5.91 Å². The van der Waals surface area contributed by atoms with Gasteiger partial charge in [-0.05, 0) is 25.0 Å². The maximum absolute atomic E-state index is 12.0. The highest BCUT2D eigenvalue weighted by atomic mass is 35.5. The lowest BCUT2D eigenvalue weighted by Gasteiger charge is -2.06. The van der Waals surface area contributed by atoms with Crippen molar-refractivity contribution < 1.29 is 4.79 Å². The third-order valence-corrected chi connectivity index (χ3v) is 3.61. The van der Waals surface area contributed by atoms with Crippen LogP contribution in [-0.2, 0) is 0 Å². The molecule has 7 heteroatoms. The van der Waals surface area contributed by atoms with E-state index in [9.17, 15) is 4.79 Å². The average molecular weight is 306 g/mol. The first kappa shape index (κ1) is 14.0. The van der Waals surface area contributed by atoms with Crippen LogP contribution in [0.15, 0.2) is 24.3 Å². The molecule has 1 amide bonds. The van der Waals surface area contributed by atoms with Gasteiger partial charge >= 0.3 is 0 Å². The zero-order valence-corrected chi connectivity index (χ0v) is 12.2. The monoisotopic (exact) mass is 305 g/mol. The number of benzene rings is 1. The molecule has 3 rings (SSSR count). The Labute approximate surface area is 127 Å². The highest BCUT2D eigenvalue weighted by Crippen LogP contribution is 2.40. The standard InChI is InChI=1S/C14H16ClN5O/c15-10-3-1-2-4-11(10)20-13(9-5-6-9)18-12(19-20)14(21)17-8-7-16/h1-4,9H,5-8,16H2,(H,17,21). The lowest BCUT2D eigenvalue weighted by molar-refractivity contribution is 0.0944. The summed E-state index contributed by atoms with van der Waals surface area (Å²) in [4.78, 5) is 16.4. The van der Waals surface area contributed by atoms with Crippen LogP contribution < -0.4 is 11.1 Å². The molecule has 0 saturated heterocycles. The number of carbonyl (C=O) groups excluding carboxylic acids is 1. The quantitative estimate of drug-likeness (QED) is 0.876. The molecule has 1 fully saturated rings. The van der Waals surface area contributed by atoms with Gasteiger partial charge in [-0.25, -0.2) is 9.67 Å². The van der Waals surface area contributed by atoms with Gasteiger partial charge in [-0.1, -0.05) is 23.7 Å². The molecule has 0 radical (unpaired) electrons. The van der Waals surface area contributed by atoms with Gasteiger partial charge in [0.05, 0.1) is 10.7 Å². The van der Waals surface area contributed by atoms with Crippen LogP contribution in [0, 0.1) is 0 Å². The summed E-state index contributed by atoms with van der Waals surface area (Å²) in [5.41, 5.74) is 6.12. The predicted molar refractivity (Wildman–Crippen MR) is 79.7 cm³/mol. The molecule has 2 aromatic rings. The summed E-state index contributed by atoms with van der Waals surface area (Å²) in [5, 5.41) is 7.58. The molecule has 6 nitrogen and oxygen atoms in total. The van der Waals surface area contributed by atoms with Crippen LogP contribution in [0.25, 0.3) is 5.69 Å². The Morgan fingerprint density at radius 1 is 1.43 bits per heavy atom. The number of rotatable bonds is 5. The summed E-state index contributed by atoms with van der Waals surface area (Å²) in [5.74, 6) is 0.990. The number of amides is 1. The van der Waals surface area contributed by atoms with Gasteiger partial charge < -0.3 is 11.1 Å². The van der Waals surface area contributed by atoms with Gasteiger partial charge in [0, 0.05) is 19.0 Å². The SMILES string of the molecule is NCCNC(=O)c1nc(C2CC2)n(-c2ccccc2Cl)n1. The van der Waals surface area contributed by atoms with Gasteiger partial charge in [-0.3, -0.25) is 4.79 Å². The molecule has 1 heterocycles. The van der Waals surface area contributed by atoms with Crippen molar-refractivity contribution in [1.29, 1.82) is 0 Å². The van der Waals surface area contributed by atoms with Gasteiger partial charge in [0.15, 0.2) is 0 Å². The maximum Gasteiger partial charge on any atom is 0.291 e. The van der Waals surface area contributed by atoms with Crippen LogP contribution in [-0.4, -0.2) is 33.8 Å². The molecule has 3 N–H and O–H groups in total. The first-order chi connectivity index (χ1) is 10.2. The Kier molecular flexibility index (Phi) is 3.90. The number of nitrogens with two attached hydrogens (primary N) is 1. The molecular weight excluding hydrogens is 290 g/mol. The van der Waals surface area contributed by atoms with Gasteiger partial charge in [0.1, 0.15) is 5.82 Å². The van der Waals surface area contributed by atoms with Gasteiger partial charge in [0.2, 0.25) is 5.82 Å². The lowest BCUT2D eigenvalue weighted by Crippen LogP contribution is -2.29. The number of para-hydroxylation sites is 1. The highest BCUT2D eigenvalue weighted by Gasteiger charge is 2.31. The van der Waals surface area contributed by atoms with E-state index in [1.807, 2.05) is 18.2 Å². The Bertz CT molecular complexity index is 665. The number of halogens is 1. The highest BCUT2D eigenvalue weighted by molar-refractivity contribution is 6.32. The van der Waals surface area contributed by atoms with Crippen LogP contribution in [0.1, 0.15) is 35.2 Å². The summed E-state index contributed by atoms with van der Waals surface area (Å²) in [6.45, 7) is 0.782. The Morgan fingerprint density at radius 2 is 2.19 bits per heavy atom. The average Bonchev–Trinajstić information content (AvgIpc) is 3.24. The van der Waals surface area contributed by atoms with Crippen molar-refractivity contribution in [3.63, 3.8) is 0 Å². The Morgan fingerprint density at radius 3 is 2.86 bits per heavy atom. The third kappa shape index (κ3) is 2.91. The lowest BCUT2D eigenvalue weighted by atomic mass is 10.3. The number of nitrogens with zero attached hydrogens (tertiary/aromatic N) is 3. The molecule has 110 valence electrons. The summed E-state index contributed by atoms with van der Waals surface area (Å²) in [6, 6.07) is 7.40.